The van der Waals surface area contributed by atoms with Crippen LogP contribution in [-0.4, -0.2) is 23.8 Å². The number of nitriles is 1. The highest BCUT2D eigenvalue weighted by Gasteiger charge is 2.39. The summed E-state index contributed by atoms with van der Waals surface area (Å²) in [5.41, 5.74) is -0.394. The molecule has 2 N–H and O–H groups in total. The molecule has 14 heavy (non-hydrogen) atoms. The van der Waals surface area contributed by atoms with Crippen LogP contribution in [0.4, 0.5) is 0 Å². The van der Waals surface area contributed by atoms with Crippen molar-refractivity contribution < 1.29 is 5.11 Å². The van der Waals surface area contributed by atoms with Crippen LogP contribution >= 0.6 is 0 Å². The number of aliphatic hydroxyl groups excluding tert-OH is 1. The molecule has 3 heteroatoms. The Morgan fingerprint density at radius 3 is 2.79 bits per heavy atom. The molecule has 0 saturated heterocycles. The molecule has 3 nitrogen and oxygen atoms in total. The molecule has 1 fully saturated rings. The third kappa shape index (κ3) is 2.26. The van der Waals surface area contributed by atoms with Crippen LogP contribution in [0.2, 0.25) is 0 Å². The lowest BCUT2D eigenvalue weighted by molar-refractivity contribution is 0.161. The average molecular weight is 196 g/mol. The fourth-order valence-electron chi connectivity index (χ4n) is 2.39. The number of aliphatic hydroxyl groups is 1. The van der Waals surface area contributed by atoms with E-state index in [1.54, 1.807) is 0 Å². The Hall–Kier alpha value is -0.590. The first-order valence-corrected chi connectivity index (χ1v) is 5.42. The number of β-amino-alcohol motifs (C(OH)–C–C–N with tert-alkyl or cyclic N) is 1. The molecule has 3 atom stereocenters. The van der Waals surface area contributed by atoms with E-state index in [1.165, 1.54) is 0 Å². The maximum absolute atomic E-state index is 9.23. The Kier molecular flexibility index (Phi) is 3.91. The van der Waals surface area contributed by atoms with E-state index >= 15 is 0 Å². The summed E-state index contributed by atoms with van der Waals surface area (Å²) in [5.74, 6) is 1.10. The number of nitrogens with one attached hydrogen (secondary N) is 1. The predicted molar refractivity (Wildman–Crippen MR) is 55.6 cm³/mol. The zero-order valence-corrected chi connectivity index (χ0v) is 9.08. The topological polar surface area (TPSA) is 56.0 Å². The molecule has 0 radical (unpaired) electrons. The van der Waals surface area contributed by atoms with Crippen molar-refractivity contribution >= 4 is 0 Å². The van der Waals surface area contributed by atoms with E-state index in [9.17, 15) is 5.26 Å². The Morgan fingerprint density at radius 1 is 1.57 bits per heavy atom. The summed E-state index contributed by atoms with van der Waals surface area (Å²) in [4.78, 5) is 0. The summed E-state index contributed by atoms with van der Waals surface area (Å²) in [6.45, 7) is 4.99. The van der Waals surface area contributed by atoms with Gasteiger partial charge in [-0.15, -0.1) is 0 Å². The van der Waals surface area contributed by atoms with Crippen molar-refractivity contribution in [2.45, 2.75) is 38.6 Å². The zero-order valence-electron chi connectivity index (χ0n) is 9.08. The first-order chi connectivity index (χ1) is 6.64. The Balaban J connectivity index is 2.64. The molecule has 0 heterocycles. The summed E-state index contributed by atoms with van der Waals surface area (Å²) < 4.78 is 0. The molecule has 1 aliphatic rings. The Morgan fingerprint density at radius 2 is 2.29 bits per heavy atom. The molecule has 0 spiro atoms. The van der Waals surface area contributed by atoms with Gasteiger partial charge in [0.1, 0.15) is 5.54 Å². The number of hydrogen-bond acceptors (Lipinski definition) is 3. The maximum atomic E-state index is 9.23. The molecule has 0 aromatic heterocycles. The number of rotatable bonds is 3. The van der Waals surface area contributed by atoms with Crippen LogP contribution in [0.1, 0.15) is 33.1 Å². The maximum Gasteiger partial charge on any atom is 0.109 e. The van der Waals surface area contributed by atoms with Gasteiger partial charge in [0.25, 0.3) is 0 Å². The summed E-state index contributed by atoms with van der Waals surface area (Å²) in [7, 11) is 0. The molecule has 0 amide bonds. The summed E-state index contributed by atoms with van der Waals surface area (Å²) in [6, 6.07) is 2.40. The van der Waals surface area contributed by atoms with Crippen molar-refractivity contribution in [2.75, 3.05) is 13.2 Å². The van der Waals surface area contributed by atoms with Crippen LogP contribution in [0.25, 0.3) is 0 Å². The predicted octanol–water partition coefficient (Wildman–Crippen LogP) is 1.29. The SMILES string of the molecule is CC1CCC(C#N)(NCCO)C(C)C1. The lowest BCUT2D eigenvalue weighted by Gasteiger charge is -2.40. The molecular formula is C11H20N2O. The van der Waals surface area contributed by atoms with E-state index in [2.05, 4.69) is 25.2 Å². The van der Waals surface area contributed by atoms with Crippen molar-refractivity contribution in [3.05, 3.63) is 0 Å². The van der Waals surface area contributed by atoms with E-state index in [1.807, 2.05) is 0 Å². The molecule has 80 valence electrons. The largest absolute Gasteiger partial charge is 0.395 e. The number of nitrogens with zero attached hydrogens (tertiary/aromatic N) is 1. The van der Waals surface area contributed by atoms with Gasteiger partial charge in [0.05, 0.1) is 12.7 Å². The molecule has 1 aliphatic carbocycles. The van der Waals surface area contributed by atoms with Crippen LogP contribution in [-0.2, 0) is 0 Å². The molecule has 1 rings (SSSR count). The fourth-order valence-corrected chi connectivity index (χ4v) is 2.39. The van der Waals surface area contributed by atoms with Gasteiger partial charge in [-0.1, -0.05) is 13.8 Å². The molecule has 0 bridgehead atoms. The van der Waals surface area contributed by atoms with Crippen LogP contribution in [0.5, 0.6) is 0 Å². The first kappa shape index (κ1) is 11.5. The second-order valence-corrected chi connectivity index (χ2v) is 4.51. The van der Waals surface area contributed by atoms with Crippen molar-refractivity contribution in [3.8, 4) is 6.07 Å². The van der Waals surface area contributed by atoms with Crippen molar-refractivity contribution in [3.63, 3.8) is 0 Å². The van der Waals surface area contributed by atoms with Gasteiger partial charge in [-0.2, -0.15) is 5.26 Å². The lowest BCUT2D eigenvalue weighted by atomic mass is 9.71. The van der Waals surface area contributed by atoms with Gasteiger partial charge in [0.2, 0.25) is 0 Å². The lowest BCUT2D eigenvalue weighted by Crippen LogP contribution is -2.52. The third-order valence-corrected chi connectivity index (χ3v) is 3.38. The van der Waals surface area contributed by atoms with Crippen molar-refractivity contribution in [1.29, 1.82) is 5.26 Å². The van der Waals surface area contributed by atoms with Crippen LogP contribution in [0.15, 0.2) is 0 Å². The monoisotopic (exact) mass is 196 g/mol. The van der Waals surface area contributed by atoms with Gasteiger partial charge in [-0.3, -0.25) is 5.32 Å². The minimum Gasteiger partial charge on any atom is -0.395 e. The molecule has 3 unspecified atom stereocenters. The minimum absolute atomic E-state index is 0.103. The second-order valence-electron chi connectivity index (χ2n) is 4.51. The molecule has 0 aromatic rings. The smallest absolute Gasteiger partial charge is 0.109 e. The summed E-state index contributed by atoms with van der Waals surface area (Å²) in [6.07, 6.45) is 3.12. The average Bonchev–Trinajstić information content (AvgIpc) is 2.18. The van der Waals surface area contributed by atoms with E-state index in [4.69, 9.17) is 5.11 Å². The zero-order chi connectivity index (χ0) is 10.6. The van der Waals surface area contributed by atoms with Crippen molar-refractivity contribution in [1.82, 2.24) is 5.32 Å². The molecule has 0 aliphatic heterocycles. The van der Waals surface area contributed by atoms with E-state index in [0.717, 1.165) is 25.2 Å². The highest BCUT2D eigenvalue weighted by molar-refractivity contribution is 5.12. The first-order valence-electron chi connectivity index (χ1n) is 5.42. The van der Waals surface area contributed by atoms with Gasteiger partial charge in [0.15, 0.2) is 0 Å². The van der Waals surface area contributed by atoms with Crippen LogP contribution in [0, 0.1) is 23.2 Å². The van der Waals surface area contributed by atoms with Gasteiger partial charge in [-0.25, -0.2) is 0 Å². The summed E-state index contributed by atoms with van der Waals surface area (Å²) in [5, 5.41) is 21.2. The quantitative estimate of drug-likeness (QED) is 0.715. The fraction of sp³-hybridized carbons (Fsp3) is 0.909. The molecular weight excluding hydrogens is 176 g/mol. The van der Waals surface area contributed by atoms with E-state index < -0.39 is 5.54 Å². The molecule has 1 saturated carbocycles. The number of hydrogen-bond donors (Lipinski definition) is 2. The third-order valence-electron chi connectivity index (χ3n) is 3.38. The van der Waals surface area contributed by atoms with Crippen molar-refractivity contribution in [2.24, 2.45) is 11.8 Å². The van der Waals surface area contributed by atoms with Crippen LogP contribution < -0.4 is 5.32 Å². The highest BCUT2D eigenvalue weighted by atomic mass is 16.3. The van der Waals surface area contributed by atoms with E-state index in [0.29, 0.717) is 12.5 Å². The van der Waals surface area contributed by atoms with Gasteiger partial charge in [-0.05, 0) is 31.1 Å². The second kappa shape index (κ2) is 4.77. The highest BCUT2D eigenvalue weighted by Crippen LogP contribution is 2.36. The minimum atomic E-state index is -0.394. The van der Waals surface area contributed by atoms with E-state index in [-0.39, 0.29) is 6.61 Å². The van der Waals surface area contributed by atoms with Crippen LogP contribution in [0.3, 0.4) is 0 Å². The summed E-state index contributed by atoms with van der Waals surface area (Å²) >= 11 is 0. The van der Waals surface area contributed by atoms with Gasteiger partial charge >= 0.3 is 0 Å². The normalized spacial score (nSPS) is 37.9. The Labute approximate surface area is 86.1 Å². The standard InChI is InChI=1S/C11H20N2O/c1-9-3-4-11(8-12,10(2)7-9)13-5-6-14/h9-10,13-14H,3-7H2,1-2H3. The van der Waals surface area contributed by atoms with Gasteiger partial charge in [0, 0.05) is 6.54 Å². The molecule has 0 aromatic carbocycles. The Bertz CT molecular complexity index is 220. The van der Waals surface area contributed by atoms with Gasteiger partial charge < -0.3 is 5.11 Å².